The molecule has 8 nitrogen and oxygen atoms in total. The lowest BCUT2D eigenvalue weighted by Crippen LogP contribution is -2.53. The molecule has 0 atom stereocenters. The van der Waals surface area contributed by atoms with Crippen LogP contribution in [0.2, 0.25) is 0 Å². The predicted octanol–water partition coefficient (Wildman–Crippen LogP) is -3.88. The summed E-state index contributed by atoms with van der Waals surface area (Å²) in [5, 5.41) is 20.4. The lowest BCUT2D eigenvalue weighted by Gasteiger charge is -2.32. The molecule has 0 unspecified atom stereocenters. The van der Waals surface area contributed by atoms with Crippen molar-refractivity contribution in [1.29, 1.82) is 0 Å². The van der Waals surface area contributed by atoms with Crippen molar-refractivity contribution < 1.29 is 19.5 Å². The van der Waals surface area contributed by atoms with Crippen LogP contribution in [0.5, 0.6) is 0 Å². The number of carboxylic acids is 1. The van der Waals surface area contributed by atoms with Crippen LogP contribution in [0.3, 0.4) is 0 Å². The van der Waals surface area contributed by atoms with Gasteiger partial charge in [0.1, 0.15) is 6.54 Å². The van der Waals surface area contributed by atoms with Crippen LogP contribution in [0.15, 0.2) is 9.32 Å². The highest BCUT2D eigenvalue weighted by Gasteiger charge is 2.28. The highest BCUT2D eigenvalue weighted by molar-refractivity contribution is 6.40. The highest BCUT2D eigenvalue weighted by Crippen LogP contribution is 2.11. The Morgan fingerprint density at radius 3 is 2.60 bits per heavy atom. The summed E-state index contributed by atoms with van der Waals surface area (Å²) in [7, 11) is 2.73. The Bertz CT molecular complexity index is 407. The van der Waals surface area contributed by atoms with Crippen molar-refractivity contribution in [2.45, 2.75) is 5.52 Å². The van der Waals surface area contributed by atoms with Gasteiger partial charge < -0.3 is 19.6 Å². The van der Waals surface area contributed by atoms with E-state index in [1.807, 2.05) is 0 Å². The molecule has 0 spiro atoms. The van der Waals surface area contributed by atoms with Crippen molar-refractivity contribution in [2.24, 2.45) is 0 Å². The van der Waals surface area contributed by atoms with Gasteiger partial charge in [0, 0.05) is 0 Å². The van der Waals surface area contributed by atoms with Crippen molar-refractivity contribution >= 4 is 27.6 Å². The third-order valence-electron chi connectivity index (χ3n) is 1.64. The minimum Gasteiger partial charge on any atom is -0.480 e. The zero-order valence-corrected chi connectivity index (χ0v) is 8.22. The molecule has 3 N–H and O–H groups in total. The van der Waals surface area contributed by atoms with Gasteiger partial charge in [0.15, 0.2) is 15.7 Å². The van der Waals surface area contributed by atoms with Gasteiger partial charge in [0.25, 0.3) is 0 Å². The first-order valence-electron chi connectivity index (χ1n) is 4.08. The van der Waals surface area contributed by atoms with Crippen molar-refractivity contribution in [3.05, 3.63) is 10.6 Å². The third-order valence-corrected chi connectivity index (χ3v) is 1.64. The Morgan fingerprint density at radius 1 is 1.67 bits per heavy atom. The average molecular weight is 213 g/mol. The zero-order valence-electron chi connectivity index (χ0n) is 8.22. The lowest BCUT2D eigenvalue weighted by atomic mass is 9.72. The molecule has 0 aliphatic carbocycles. The van der Waals surface area contributed by atoms with Crippen LogP contribution in [-0.4, -0.2) is 54.1 Å². The Morgan fingerprint density at radius 2 is 2.27 bits per heavy atom. The first kappa shape index (κ1) is 11.4. The fraction of sp³-hybridized carbons (Fsp3) is 0.400. The summed E-state index contributed by atoms with van der Waals surface area (Å²) in [6, 6.07) is 0. The molecule has 0 fully saturated rings. The number of nitrogens with zero attached hydrogens (tertiary/aromatic N) is 2. The molecule has 0 aliphatic rings. The maximum Gasteiger partial charge on any atom is 0.461 e. The molecule has 1 rings (SSSR count). The monoisotopic (exact) mass is 213 g/mol. The first-order chi connectivity index (χ1) is 6.80. The molecule has 1 heterocycles. The number of hydrogen-bond donors (Lipinski definition) is 3. The van der Waals surface area contributed by atoms with Gasteiger partial charge in [-0.1, -0.05) is 0 Å². The summed E-state index contributed by atoms with van der Waals surface area (Å²) in [4.78, 5) is 25.5. The van der Waals surface area contributed by atoms with Gasteiger partial charge in [-0.3, -0.25) is 4.79 Å². The summed E-state index contributed by atoms with van der Waals surface area (Å²) in [6.07, 6.45) is 0. The van der Waals surface area contributed by atoms with E-state index in [1.165, 1.54) is 15.7 Å². The van der Waals surface area contributed by atoms with Crippen molar-refractivity contribution in [1.82, 2.24) is 10.1 Å². The molecule has 0 aromatic carbocycles. The maximum atomic E-state index is 10.6. The minimum absolute atomic E-state index is 0.130. The lowest BCUT2D eigenvalue weighted by molar-refractivity contribution is -0.135. The molecule has 0 saturated carbocycles. The normalized spacial score (nSPS) is 11.3. The number of carbonyl (C=O) groups is 1. The molecule has 0 radical (unpaired) electrons. The molecular weight excluding hydrogens is 204 g/mol. The van der Waals surface area contributed by atoms with E-state index >= 15 is 0 Å². The third kappa shape index (κ3) is 2.88. The molecule has 1 aromatic rings. The number of aliphatic hydroxyl groups is 1. The van der Waals surface area contributed by atoms with Crippen molar-refractivity contribution in [3.8, 4) is 0 Å². The van der Waals surface area contributed by atoms with Crippen LogP contribution < -0.4 is 10.7 Å². The van der Waals surface area contributed by atoms with Crippen molar-refractivity contribution in [3.63, 3.8) is 0 Å². The summed E-state index contributed by atoms with van der Waals surface area (Å²) in [5.74, 6) is -2.18. The van der Waals surface area contributed by atoms with E-state index in [0.717, 1.165) is 4.90 Å². The van der Waals surface area contributed by atoms with E-state index in [9.17, 15) is 14.7 Å². The highest BCUT2D eigenvalue weighted by atomic mass is 16.5. The van der Waals surface area contributed by atoms with Gasteiger partial charge in [-0.05, 0) is 0 Å². The van der Waals surface area contributed by atoms with Crippen molar-refractivity contribution in [2.75, 3.05) is 11.4 Å². The quantitative estimate of drug-likeness (QED) is 0.345. The number of rotatable bonds is 4. The molecule has 15 heavy (non-hydrogen) atoms. The van der Waals surface area contributed by atoms with Crippen LogP contribution in [0.25, 0.3) is 0 Å². The molecule has 0 aliphatic heterocycles. The van der Waals surface area contributed by atoms with Crippen LogP contribution in [0.1, 0.15) is 0 Å². The predicted molar refractivity (Wildman–Crippen MR) is 54.1 cm³/mol. The Balaban J connectivity index is 3.01. The first-order valence-corrected chi connectivity index (χ1v) is 4.08. The summed E-state index contributed by atoms with van der Waals surface area (Å²) in [5.41, 5.74) is -1.47. The van der Waals surface area contributed by atoms with Gasteiger partial charge >= 0.3 is 11.7 Å². The second-order valence-electron chi connectivity index (χ2n) is 3.38. The largest absolute Gasteiger partial charge is 0.480 e. The second-order valence-corrected chi connectivity index (χ2v) is 3.38. The Labute approximate surface area is 85.7 Å². The summed E-state index contributed by atoms with van der Waals surface area (Å²) >= 11 is 0. The van der Waals surface area contributed by atoms with Crippen LogP contribution >= 0.6 is 0 Å². The van der Waals surface area contributed by atoms with Crippen LogP contribution in [0.4, 0.5) is 5.95 Å². The van der Waals surface area contributed by atoms with E-state index in [4.69, 9.17) is 5.11 Å². The molecule has 10 heteroatoms. The van der Waals surface area contributed by atoms with Gasteiger partial charge in [-0.15, -0.1) is 4.98 Å². The fourth-order valence-corrected chi connectivity index (χ4v) is 1.000. The number of carboxylic acid groups (broad SMARTS) is 1. The summed E-state index contributed by atoms with van der Waals surface area (Å²) in [6.45, 7) is -0.508. The summed E-state index contributed by atoms with van der Waals surface area (Å²) < 4.78 is 4.28. The SMILES string of the molecule is BC(B)(O)N(CC(=O)O)c1nc(=O)o[nH]1. The molecule has 0 bridgehead atoms. The molecular formula is C5H9B2N3O5. The topological polar surface area (TPSA) is 120 Å². The number of nitrogens with one attached hydrogen (secondary N) is 1. The van der Waals surface area contributed by atoms with Gasteiger partial charge in [-0.2, -0.15) is 5.16 Å². The molecule has 0 saturated heterocycles. The number of H-pyrrole nitrogens is 1. The Hall–Kier alpha value is -1.70. The molecule has 80 valence electrons. The van der Waals surface area contributed by atoms with Gasteiger partial charge in [0.2, 0.25) is 5.95 Å². The van der Waals surface area contributed by atoms with E-state index < -0.39 is 23.8 Å². The number of anilines is 1. The van der Waals surface area contributed by atoms with E-state index in [0.29, 0.717) is 0 Å². The van der Waals surface area contributed by atoms with E-state index in [1.54, 1.807) is 0 Å². The number of hydrogen-bond acceptors (Lipinski definition) is 6. The minimum atomic E-state index is -1.47. The number of aromatic amines is 1. The van der Waals surface area contributed by atoms with Gasteiger partial charge in [0.05, 0.1) is 5.52 Å². The molecule has 0 amide bonds. The number of aromatic nitrogens is 2. The average Bonchev–Trinajstić information content (AvgIpc) is 2.45. The molecule has 1 aromatic heterocycles. The van der Waals surface area contributed by atoms with E-state index in [2.05, 4.69) is 14.7 Å². The van der Waals surface area contributed by atoms with Crippen LogP contribution in [-0.2, 0) is 4.79 Å². The fourth-order valence-electron chi connectivity index (χ4n) is 1.000. The second kappa shape index (κ2) is 3.81. The van der Waals surface area contributed by atoms with Gasteiger partial charge in [-0.25, -0.2) is 4.79 Å². The Kier molecular flexibility index (Phi) is 2.89. The maximum absolute atomic E-state index is 10.6. The van der Waals surface area contributed by atoms with Crippen LogP contribution in [0, 0.1) is 0 Å². The number of aliphatic carboxylic acids is 1. The smallest absolute Gasteiger partial charge is 0.461 e. The van der Waals surface area contributed by atoms with E-state index in [-0.39, 0.29) is 5.95 Å². The standard InChI is InChI=1S/C5H9B2N3O5/c6-5(7,14)10(1-2(11)12)3-8-4(13)15-9-3/h14H,1,6-7H2,(H,11,12)(H,8,9,13). The zero-order chi connectivity index (χ0) is 11.6.